The summed E-state index contributed by atoms with van der Waals surface area (Å²) in [5.41, 5.74) is 2.10. The summed E-state index contributed by atoms with van der Waals surface area (Å²) in [6.07, 6.45) is 4.10. The lowest BCUT2D eigenvalue weighted by Crippen LogP contribution is -2.47. The Morgan fingerprint density at radius 1 is 1.24 bits per heavy atom. The molecule has 0 radical (unpaired) electrons. The summed E-state index contributed by atoms with van der Waals surface area (Å²) in [7, 11) is 0. The molecular weight excluding hydrogens is 316 g/mol. The zero-order valence-electron chi connectivity index (χ0n) is 15.7. The summed E-state index contributed by atoms with van der Waals surface area (Å²) < 4.78 is 1.92. The molecule has 0 bridgehead atoms. The molecule has 1 amide bonds. The molecule has 0 aromatic carbocycles. The van der Waals surface area contributed by atoms with Gasteiger partial charge in [0.25, 0.3) is 0 Å². The van der Waals surface area contributed by atoms with E-state index >= 15 is 0 Å². The summed E-state index contributed by atoms with van der Waals surface area (Å²) in [4.78, 5) is 17.2. The quantitative estimate of drug-likeness (QED) is 0.845. The molecule has 2 aliphatic heterocycles. The van der Waals surface area contributed by atoms with Crippen molar-refractivity contribution in [3.05, 3.63) is 17.5 Å². The van der Waals surface area contributed by atoms with E-state index in [0.29, 0.717) is 25.4 Å². The molecule has 3 rings (SSSR count). The first-order valence-electron chi connectivity index (χ1n) is 9.67. The molecule has 2 saturated heterocycles. The predicted molar refractivity (Wildman–Crippen MR) is 97.3 cm³/mol. The van der Waals surface area contributed by atoms with Gasteiger partial charge in [-0.05, 0) is 64.1 Å². The van der Waals surface area contributed by atoms with E-state index in [1.165, 1.54) is 25.9 Å². The van der Waals surface area contributed by atoms with Crippen molar-refractivity contribution >= 4 is 5.91 Å². The molecule has 3 heterocycles. The van der Waals surface area contributed by atoms with Crippen molar-refractivity contribution in [2.24, 2.45) is 11.8 Å². The van der Waals surface area contributed by atoms with Gasteiger partial charge in [-0.15, -0.1) is 0 Å². The topological polar surface area (TPSA) is 61.6 Å². The SMILES string of the molecule is Cc1cc(C)n(CCC(=O)N2C[C@H](CO)C[C@H](CN3CCCC3)C2)n1. The van der Waals surface area contributed by atoms with Gasteiger partial charge in [-0.1, -0.05) is 0 Å². The Balaban J connectivity index is 1.55. The van der Waals surface area contributed by atoms with Crippen molar-refractivity contribution in [2.45, 2.75) is 46.1 Å². The minimum atomic E-state index is 0.178. The number of amides is 1. The zero-order chi connectivity index (χ0) is 17.8. The summed E-state index contributed by atoms with van der Waals surface area (Å²) in [5, 5.41) is 14.1. The highest BCUT2D eigenvalue weighted by Gasteiger charge is 2.31. The van der Waals surface area contributed by atoms with E-state index in [9.17, 15) is 9.90 Å². The van der Waals surface area contributed by atoms with Crippen LogP contribution in [-0.4, -0.2) is 69.9 Å². The van der Waals surface area contributed by atoms with Gasteiger partial charge in [0.05, 0.1) is 5.69 Å². The second-order valence-corrected chi connectivity index (χ2v) is 7.86. The summed E-state index contributed by atoms with van der Waals surface area (Å²) in [5.74, 6) is 0.901. The van der Waals surface area contributed by atoms with Crippen LogP contribution in [0.5, 0.6) is 0 Å². The molecule has 0 unspecified atom stereocenters. The molecule has 2 fully saturated rings. The van der Waals surface area contributed by atoms with Gasteiger partial charge < -0.3 is 14.9 Å². The Hall–Kier alpha value is -1.40. The number of piperidine rings is 1. The van der Waals surface area contributed by atoms with Crippen LogP contribution in [0.4, 0.5) is 0 Å². The average molecular weight is 348 g/mol. The van der Waals surface area contributed by atoms with Gasteiger partial charge in [0, 0.05) is 44.9 Å². The van der Waals surface area contributed by atoms with Crippen LogP contribution in [0.25, 0.3) is 0 Å². The van der Waals surface area contributed by atoms with Crippen molar-refractivity contribution in [1.29, 1.82) is 0 Å². The largest absolute Gasteiger partial charge is 0.396 e. The maximum absolute atomic E-state index is 12.7. The van der Waals surface area contributed by atoms with Gasteiger partial charge in [-0.25, -0.2) is 0 Å². The Bertz CT molecular complexity index is 580. The first-order chi connectivity index (χ1) is 12.0. The van der Waals surface area contributed by atoms with E-state index in [-0.39, 0.29) is 18.4 Å². The predicted octanol–water partition coefficient (Wildman–Crippen LogP) is 1.44. The van der Waals surface area contributed by atoms with E-state index in [0.717, 1.165) is 30.9 Å². The van der Waals surface area contributed by atoms with Crippen LogP contribution in [0.1, 0.15) is 37.1 Å². The second kappa shape index (κ2) is 8.32. The third-order valence-electron chi connectivity index (χ3n) is 5.59. The minimum absolute atomic E-state index is 0.178. The molecule has 0 saturated carbocycles. The van der Waals surface area contributed by atoms with E-state index in [1.807, 2.05) is 29.5 Å². The number of aliphatic hydroxyl groups is 1. The van der Waals surface area contributed by atoms with Crippen LogP contribution < -0.4 is 0 Å². The fourth-order valence-electron chi connectivity index (χ4n) is 4.38. The lowest BCUT2D eigenvalue weighted by atomic mass is 9.89. The minimum Gasteiger partial charge on any atom is -0.396 e. The van der Waals surface area contributed by atoms with Crippen molar-refractivity contribution in [3.63, 3.8) is 0 Å². The smallest absolute Gasteiger partial charge is 0.224 e. The van der Waals surface area contributed by atoms with E-state index < -0.39 is 0 Å². The Morgan fingerprint density at radius 3 is 2.60 bits per heavy atom. The Morgan fingerprint density at radius 2 is 1.96 bits per heavy atom. The second-order valence-electron chi connectivity index (χ2n) is 7.86. The third kappa shape index (κ3) is 4.82. The number of carbonyl (C=O) groups excluding carboxylic acids is 1. The van der Waals surface area contributed by atoms with Crippen LogP contribution in [0.2, 0.25) is 0 Å². The molecule has 25 heavy (non-hydrogen) atoms. The molecule has 6 nitrogen and oxygen atoms in total. The number of rotatable bonds is 6. The highest BCUT2D eigenvalue weighted by molar-refractivity contribution is 5.76. The van der Waals surface area contributed by atoms with E-state index in [2.05, 4.69) is 10.00 Å². The van der Waals surface area contributed by atoms with Crippen LogP contribution >= 0.6 is 0 Å². The van der Waals surface area contributed by atoms with Gasteiger partial charge in [-0.3, -0.25) is 9.48 Å². The lowest BCUT2D eigenvalue weighted by Gasteiger charge is -2.38. The molecular formula is C19H32N4O2. The number of hydrogen-bond acceptors (Lipinski definition) is 4. The number of likely N-dealkylation sites (tertiary alicyclic amines) is 2. The van der Waals surface area contributed by atoms with Crippen LogP contribution in [0.15, 0.2) is 6.07 Å². The molecule has 6 heteroatoms. The number of carbonyl (C=O) groups is 1. The van der Waals surface area contributed by atoms with Crippen molar-refractivity contribution in [2.75, 3.05) is 39.3 Å². The monoisotopic (exact) mass is 348 g/mol. The number of nitrogens with zero attached hydrogens (tertiary/aromatic N) is 4. The summed E-state index contributed by atoms with van der Waals surface area (Å²) in [6, 6.07) is 2.04. The van der Waals surface area contributed by atoms with Gasteiger partial charge in [0.2, 0.25) is 5.91 Å². The van der Waals surface area contributed by atoms with Crippen molar-refractivity contribution in [3.8, 4) is 0 Å². The van der Waals surface area contributed by atoms with Crippen LogP contribution in [-0.2, 0) is 11.3 Å². The van der Waals surface area contributed by atoms with Crippen molar-refractivity contribution in [1.82, 2.24) is 19.6 Å². The first-order valence-corrected chi connectivity index (χ1v) is 9.67. The number of aryl methyl sites for hydroxylation is 3. The molecule has 1 aromatic heterocycles. The molecule has 2 aliphatic rings. The van der Waals surface area contributed by atoms with Crippen LogP contribution in [0.3, 0.4) is 0 Å². The van der Waals surface area contributed by atoms with E-state index in [1.54, 1.807) is 0 Å². The maximum Gasteiger partial charge on any atom is 0.224 e. The normalized spacial score (nSPS) is 24.8. The molecule has 1 aromatic rings. The zero-order valence-corrected chi connectivity index (χ0v) is 15.7. The first kappa shape index (κ1) is 18.4. The van der Waals surface area contributed by atoms with Gasteiger partial charge in [0.1, 0.15) is 0 Å². The Labute approximate surface area is 150 Å². The number of hydrogen-bond donors (Lipinski definition) is 1. The van der Waals surface area contributed by atoms with Gasteiger partial charge in [0.15, 0.2) is 0 Å². The average Bonchev–Trinajstić information content (AvgIpc) is 3.21. The number of aromatic nitrogens is 2. The summed E-state index contributed by atoms with van der Waals surface area (Å²) >= 11 is 0. The Kier molecular flexibility index (Phi) is 6.12. The molecule has 0 aliphatic carbocycles. The molecule has 0 spiro atoms. The summed E-state index contributed by atoms with van der Waals surface area (Å²) in [6.45, 7) is 9.79. The fraction of sp³-hybridized carbons (Fsp3) is 0.789. The maximum atomic E-state index is 12.7. The van der Waals surface area contributed by atoms with Crippen LogP contribution in [0, 0.1) is 25.7 Å². The molecule has 2 atom stereocenters. The highest BCUT2D eigenvalue weighted by atomic mass is 16.3. The molecule has 1 N–H and O–H groups in total. The van der Waals surface area contributed by atoms with Gasteiger partial charge >= 0.3 is 0 Å². The third-order valence-corrected chi connectivity index (χ3v) is 5.59. The van der Waals surface area contributed by atoms with Crippen molar-refractivity contribution < 1.29 is 9.90 Å². The standard InChI is InChI=1S/C19H32N4O2/c1-15-9-16(2)23(20-15)8-5-19(25)22-12-17(10-18(13-22)14-24)11-21-6-3-4-7-21/h9,17-18,24H,3-8,10-14H2,1-2H3/t17-,18-/m1/s1. The highest BCUT2D eigenvalue weighted by Crippen LogP contribution is 2.24. The molecule has 140 valence electrons. The van der Waals surface area contributed by atoms with Gasteiger partial charge in [-0.2, -0.15) is 5.10 Å². The van der Waals surface area contributed by atoms with E-state index in [4.69, 9.17) is 0 Å². The lowest BCUT2D eigenvalue weighted by molar-refractivity contribution is -0.135. The fourth-order valence-corrected chi connectivity index (χ4v) is 4.38. The number of aliphatic hydroxyl groups excluding tert-OH is 1.